The van der Waals surface area contributed by atoms with E-state index in [9.17, 15) is 0 Å². The largest absolute Gasteiger partial charge is 0.308 e. The maximum Gasteiger partial charge on any atom is 0.0309 e. The number of hydrogen-bond donors (Lipinski definition) is 1. The first-order valence-electron chi connectivity index (χ1n) is 8.27. The number of thioether (sulfide) groups is 1. The van der Waals surface area contributed by atoms with Gasteiger partial charge in [0.1, 0.15) is 0 Å². The Hall–Kier alpha value is 0.270. The van der Waals surface area contributed by atoms with Crippen LogP contribution < -0.4 is 5.32 Å². The summed E-state index contributed by atoms with van der Waals surface area (Å²) in [6.07, 6.45) is 6.96. The van der Waals surface area contributed by atoms with Crippen LogP contribution in [0.2, 0.25) is 0 Å². The van der Waals surface area contributed by atoms with E-state index in [2.05, 4.69) is 42.7 Å². The normalized spacial score (nSPS) is 28.9. The lowest BCUT2D eigenvalue weighted by atomic mass is 9.88. The minimum Gasteiger partial charge on any atom is -0.308 e. The third-order valence-corrected chi connectivity index (χ3v) is 6.13. The molecule has 0 aromatic rings. The van der Waals surface area contributed by atoms with Crippen molar-refractivity contribution >= 4 is 11.8 Å². The lowest BCUT2D eigenvalue weighted by Gasteiger charge is -2.48. The number of hydrogen-bond acceptors (Lipinski definition) is 3. The van der Waals surface area contributed by atoms with Gasteiger partial charge in [-0.1, -0.05) is 40.0 Å². The Kier molecular flexibility index (Phi) is 6.04. The topological polar surface area (TPSA) is 15.3 Å². The third kappa shape index (κ3) is 3.89. The van der Waals surface area contributed by atoms with Crippen molar-refractivity contribution in [2.24, 2.45) is 5.92 Å². The van der Waals surface area contributed by atoms with Gasteiger partial charge in [0.2, 0.25) is 0 Å². The fourth-order valence-electron chi connectivity index (χ4n) is 3.80. The number of nitrogens with zero attached hydrogens (tertiary/aromatic N) is 1. The molecular formula is C16H32N2S. The van der Waals surface area contributed by atoms with Gasteiger partial charge in [0.15, 0.2) is 0 Å². The van der Waals surface area contributed by atoms with Crippen LogP contribution in [0, 0.1) is 5.92 Å². The molecule has 1 heterocycles. The monoisotopic (exact) mass is 284 g/mol. The van der Waals surface area contributed by atoms with Crippen LogP contribution in [0.1, 0.15) is 52.9 Å². The van der Waals surface area contributed by atoms with Crippen LogP contribution >= 0.6 is 11.8 Å². The van der Waals surface area contributed by atoms with Gasteiger partial charge in [-0.2, -0.15) is 11.8 Å². The Bertz CT molecular complexity index is 263. The molecule has 0 aromatic heterocycles. The number of piperazine rings is 1. The second-order valence-electron chi connectivity index (χ2n) is 6.49. The van der Waals surface area contributed by atoms with E-state index in [0.29, 0.717) is 5.54 Å². The van der Waals surface area contributed by atoms with Gasteiger partial charge in [-0.05, 0) is 24.5 Å². The van der Waals surface area contributed by atoms with E-state index in [0.717, 1.165) is 12.0 Å². The van der Waals surface area contributed by atoms with E-state index in [1.54, 1.807) is 0 Å². The Morgan fingerprint density at radius 3 is 2.68 bits per heavy atom. The standard InChI is InChI=1S/C16H32N2S/c1-4-14(3)15-12-17-16(8-6-7-9-16)13-18(15)10-11-19-5-2/h14-15,17H,4-13H2,1-3H3. The van der Waals surface area contributed by atoms with Gasteiger partial charge >= 0.3 is 0 Å². The Labute approximate surface area is 124 Å². The molecule has 2 unspecified atom stereocenters. The Morgan fingerprint density at radius 2 is 2.05 bits per heavy atom. The fraction of sp³-hybridized carbons (Fsp3) is 1.00. The molecule has 3 heteroatoms. The number of nitrogens with one attached hydrogen (secondary N) is 1. The minimum absolute atomic E-state index is 0.473. The maximum absolute atomic E-state index is 3.93. The molecule has 0 amide bonds. The molecule has 0 radical (unpaired) electrons. The smallest absolute Gasteiger partial charge is 0.0309 e. The summed E-state index contributed by atoms with van der Waals surface area (Å²) in [5.74, 6) is 3.38. The van der Waals surface area contributed by atoms with E-state index in [1.807, 2.05) is 0 Å². The summed E-state index contributed by atoms with van der Waals surface area (Å²) in [5, 5.41) is 3.93. The van der Waals surface area contributed by atoms with E-state index in [4.69, 9.17) is 0 Å². The minimum atomic E-state index is 0.473. The van der Waals surface area contributed by atoms with Crippen LogP contribution in [0.15, 0.2) is 0 Å². The van der Waals surface area contributed by atoms with Gasteiger partial charge in [-0.25, -0.2) is 0 Å². The molecule has 1 saturated carbocycles. The average Bonchev–Trinajstić information content (AvgIpc) is 2.87. The summed E-state index contributed by atoms with van der Waals surface area (Å²) in [6.45, 7) is 10.8. The molecule has 112 valence electrons. The molecule has 2 nitrogen and oxygen atoms in total. The quantitative estimate of drug-likeness (QED) is 0.753. The molecule has 1 aliphatic heterocycles. The molecule has 1 N–H and O–H groups in total. The van der Waals surface area contributed by atoms with Crippen LogP contribution in [-0.2, 0) is 0 Å². The van der Waals surface area contributed by atoms with Crippen molar-refractivity contribution in [2.45, 2.75) is 64.5 Å². The molecule has 2 atom stereocenters. The zero-order valence-electron chi connectivity index (χ0n) is 13.1. The summed E-state index contributed by atoms with van der Waals surface area (Å²) < 4.78 is 0. The summed E-state index contributed by atoms with van der Waals surface area (Å²) in [6, 6.07) is 0.758. The molecule has 2 rings (SSSR count). The van der Waals surface area contributed by atoms with E-state index in [-0.39, 0.29) is 0 Å². The van der Waals surface area contributed by atoms with Gasteiger partial charge < -0.3 is 5.32 Å². The van der Waals surface area contributed by atoms with E-state index < -0.39 is 0 Å². The SMILES string of the molecule is CCSCCN1CC2(CCCC2)NCC1C(C)CC. The molecule has 2 aliphatic rings. The highest BCUT2D eigenvalue weighted by Crippen LogP contribution is 2.34. The van der Waals surface area contributed by atoms with Crippen molar-refractivity contribution in [3.8, 4) is 0 Å². The highest BCUT2D eigenvalue weighted by molar-refractivity contribution is 7.99. The van der Waals surface area contributed by atoms with Crippen molar-refractivity contribution in [3.05, 3.63) is 0 Å². The summed E-state index contributed by atoms with van der Waals surface area (Å²) in [5.41, 5.74) is 0.473. The first-order chi connectivity index (χ1) is 9.21. The van der Waals surface area contributed by atoms with Crippen molar-refractivity contribution in [1.82, 2.24) is 10.2 Å². The molecule has 1 saturated heterocycles. The zero-order valence-corrected chi connectivity index (χ0v) is 13.9. The zero-order chi connectivity index (χ0) is 13.7. The van der Waals surface area contributed by atoms with Gasteiger partial charge in [-0.3, -0.25) is 4.90 Å². The van der Waals surface area contributed by atoms with Crippen molar-refractivity contribution < 1.29 is 0 Å². The molecule has 19 heavy (non-hydrogen) atoms. The maximum atomic E-state index is 3.93. The first kappa shape index (κ1) is 15.7. The third-order valence-electron chi connectivity index (χ3n) is 5.25. The van der Waals surface area contributed by atoms with Crippen LogP contribution in [0.4, 0.5) is 0 Å². The summed E-state index contributed by atoms with van der Waals surface area (Å²) >= 11 is 2.09. The van der Waals surface area contributed by atoms with Gasteiger partial charge in [0.25, 0.3) is 0 Å². The van der Waals surface area contributed by atoms with Crippen molar-refractivity contribution in [2.75, 3.05) is 31.1 Å². The van der Waals surface area contributed by atoms with Crippen LogP contribution in [0.25, 0.3) is 0 Å². The van der Waals surface area contributed by atoms with Crippen molar-refractivity contribution in [1.29, 1.82) is 0 Å². The molecule has 1 aliphatic carbocycles. The molecule has 2 fully saturated rings. The molecular weight excluding hydrogens is 252 g/mol. The second kappa shape index (κ2) is 7.33. The van der Waals surface area contributed by atoms with E-state index >= 15 is 0 Å². The fourth-order valence-corrected chi connectivity index (χ4v) is 4.46. The Balaban J connectivity index is 1.96. The Morgan fingerprint density at radius 1 is 1.32 bits per heavy atom. The highest BCUT2D eigenvalue weighted by Gasteiger charge is 2.41. The van der Waals surface area contributed by atoms with Gasteiger partial charge in [-0.15, -0.1) is 0 Å². The number of rotatable bonds is 6. The van der Waals surface area contributed by atoms with Crippen LogP contribution in [-0.4, -0.2) is 47.6 Å². The predicted molar refractivity (Wildman–Crippen MR) is 87.0 cm³/mol. The first-order valence-corrected chi connectivity index (χ1v) is 9.43. The van der Waals surface area contributed by atoms with Crippen LogP contribution in [0.5, 0.6) is 0 Å². The lowest BCUT2D eigenvalue weighted by Crippen LogP contribution is -2.64. The molecule has 0 bridgehead atoms. The summed E-state index contributed by atoms with van der Waals surface area (Å²) in [7, 11) is 0. The van der Waals surface area contributed by atoms with Crippen molar-refractivity contribution in [3.63, 3.8) is 0 Å². The molecule has 1 spiro atoms. The average molecular weight is 285 g/mol. The lowest BCUT2D eigenvalue weighted by molar-refractivity contribution is 0.0574. The van der Waals surface area contributed by atoms with Gasteiger partial charge in [0.05, 0.1) is 0 Å². The molecule has 0 aromatic carbocycles. The highest BCUT2D eigenvalue weighted by atomic mass is 32.2. The predicted octanol–water partition coefficient (Wildman–Crippen LogP) is 3.37. The van der Waals surface area contributed by atoms with E-state index in [1.165, 1.54) is 63.2 Å². The van der Waals surface area contributed by atoms with Gasteiger partial charge in [0, 0.05) is 37.0 Å². The van der Waals surface area contributed by atoms with Crippen LogP contribution in [0.3, 0.4) is 0 Å². The summed E-state index contributed by atoms with van der Waals surface area (Å²) in [4.78, 5) is 2.82. The second-order valence-corrected chi connectivity index (χ2v) is 7.88.